The lowest BCUT2D eigenvalue weighted by Gasteiger charge is -2.34. The van der Waals surface area contributed by atoms with E-state index >= 15 is 0 Å². The second-order valence-electron chi connectivity index (χ2n) is 4.86. The molecule has 20 heavy (non-hydrogen) atoms. The Morgan fingerprint density at radius 1 is 1.35 bits per heavy atom. The van der Waals surface area contributed by atoms with Crippen LogP contribution in [0.3, 0.4) is 0 Å². The van der Waals surface area contributed by atoms with Gasteiger partial charge in [0, 0.05) is 25.1 Å². The zero-order valence-electron chi connectivity index (χ0n) is 11.6. The van der Waals surface area contributed by atoms with E-state index in [0.717, 1.165) is 18.7 Å². The Balaban J connectivity index is 2.02. The maximum Gasteiger partial charge on any atom is 0.0644 e. The van der Waals surface area contributed by atoms with Crippen molar-refractivity contribution in [1.29, 1.82) is 0 Å². The molecular formula is C16H21NO3. The van der Waals surface area contributed by atoms with Crippen LogP contribution in [0.2, 0.25) is 0 Å². The van der Waals surface area contributed by atoms with Gasteiger partial charge >= 0.3 is 0 Å². The Hall–Kier alpha value is -1.38. The fraction of sp³-hybridized carbons (Fsp3) is 0.500. The lowest BCUT2D eigenvalue weighted by Crippen LogP contribution is -2.46. The molecule has 2 N–H and O–H groups in total. The van der Waals surface area contributed by atoms with Crippen molar-refractivity contribution in [3.05, 3.63) is 35.4 Å². The SMILES string of the molecule is OCCC#Cc1cccc(CN2CCOCC2CO)c1. The second kappa shape index (κ2) is 8.03. The van der Waals surface area contributed by atoms with Crippen LogP contribution in [0.5, 0.6) is 0 Å². The first-order valence-electron chi connectivity index (χ1n) is 6.95. The first-order valence-corrected chi connectivity index (χ1v) is 6.95. The smallest absolute Gasteiger partial charge is 0.0644 e. The minimum absolute atomic E-state index is 0.0767. The molecule has 1 atom stereocenters. The molecule has 0 spiro atoms. The van der Waals surface area contributed by atoms with E-state index < -0.39 is 0 Å². The minimum atomic E-state index is 0.0767. The summed E-state index contributed by atoms with van der Waals surface area (Å²) in [7, 11) is 0. The molecule has 0 saturated carbocycles. The summed E-state index contributed by atoms with van der Waals surface area (Å²) in [5.41, 5.74) is 2.14. The molecule has 1 unspecified atom stereocenters. The lowest BCUT2D eigenvalue weighted by atomic mass is 10.1. The van der Waals surface area contributed by atoms with Crippen molar-refractivity contribution < 1.29 is 14.9 Å². The molecule has 1 aliphatic rings. The number of rotatable bonds is 4. The van der Waals surface area contributed by atoms with Gasteiger partial charge in [0.25, 0.3) is 0 Å². The van der Waals surface area contributed by atoms with Gasteiger partial charge in [0.05, 0.1) is 32.5 Å². The van der Waals surface area contributed by atoms with Gasteiger partial charge in [-0.05, 0) is 17.7 Å². The highest BCUT2D eigenvalue weighted by Crippen LogP contribution is 2.13. The van der Waals surface area contributed by atoms with Gasteiger partial charge in [0.15, 0.2) is 0 Å². The molecule has 4 heteroatoms. The predicted octanol–water partition coefficient (Wildman–Crippen LogP) is 0.614. The summed E-state index contributed by atoms with van der Waals surface area (Å²) in [4.78, 5) is 2.24. The molecule has 0 amide bonds. The van der Waals surface area contributed by atoms with Gasteiger partial charge in [0.2, 0.25) is 0 Å². The Kier molecular flexibility index (Phi) is 6.03. The molecule has 1 fully saturated rings. The molecule has 1 saturated heterocycles. The summed E-state index contributed by atoms with van der Waals surface area (Å²) in [6.07, 6.45) is 0.500. The Bertz CT molecular complexity index is 478. The number of aliphatic hydroxyl groups is 2. The quantitative estimate of drug-likeness (QED) is 0.791. The summed E-state index contributed by atoms with van der Waals surface area (Å²) in [6.45, 7) is 3.16. The maximum atomic E-state index is 9.37. The van der Waals surface area contributed by atoms with Crippen molar-refractivity contribution in [2.24, 2.45) is 0 Å². The number of hydrogen-bond acceptors (Lipinski definition) is 4. The van der Waals surface area contributed by atoms with Crippen molar-refractivity contribution in [3.8, 4) is 11.8 Å². The molecule has 1 aliphatic heterocycles. The van der Waals surface area contributed by atoms with Crippen molar-refractivity contribution in [2.75, 3.05) is 33.0 Å². The normalized spacial score (nSPS) is 19.4. The van der Waals surface area contributed by atoms with Crippen molar-refractivity contribution in [2.45, 2.75) is 19.0 Å². The summed E-state index contributed by atoms with van der Waals surface area (Å²) in [6, 6.07) is 8.17. The molecule has 0 aliphatic carbocycles. The van der Waals surface area contributed by atoms with Gasteiger partial charge in [-0.3, -0.25) is 4.90 Å². The van der Waals surface area contributed by atoms with Crippen LogP contribution < -0.4 is 0 Å². The molecule has 0 aromatic heterocycles. The summed E-state index contributed by atoms with van der Waals surface area (Å²) in [5, 5.41) is 18.1. The van der Waals surface area contributed by atoms with Crippen molar-refractivity contribution >= 4 is 0 Å². The molecule has 1 aromatic rings. The Labute approximate surface area is 120 Å². The number of benzene rings is 1. The third-order valence-electron chi connectivity index (χ3n) is 3.34. The van der Waals surface area contributed by atoms with Crippen LogP contribution >= 0.6 is 0 Å². The van der Waals surface area contributed by atoms with Crippen LogP contribution in [-0.4, -0.2) is 54.1 Å². The van der Waals surface area contributed by atoms with Gasteiger partial charge in [-0.25, -0.2) is 0 Å². The van der Waals surface area contributed by atoms with E-state index in [4.69, 9.17) is 9.84 Å². The average Bonchev–Trinajstić information content (AvgIpc) is 2.48. The average molecular weight is 275 g/mol. The van der Waals surface area contributed by atoms with E-state index in [2.05, 4.69) is 28.9 Å². The highest BCUT2D eigenvalue weighted by molar-refractivity contribution is 5.37. The van der Waals surface area contributed by atoms with Gasteiger partial charge in [-0.15, -0.1) is 0 Å². The van der Waals surface area contributed by atoms with E-state index in [-0.39, 0.29) is 19.3 Å². The largest absolute Gasteiger partial charge is 0.395 e. The molecule has 0 bridgehead atoms. The van der Waals surface area contributed by atoms with Crippen LogP contribution in [0, 0.1) is 11.8 Å². The molecule has 108 valence electrons. The van der Waals surface area contributed by atoms with Gasteiger partial charge < -0.3 is 14.9 Å². The monoisotopic (exact) mass is 275 g/mol. The number of morpholine rings is 1. The van der Waals surface area contributed by atoms with E-state index in [1.165, 1.54) is 5.56 Å². The third-order valence-corrected chi connectivity index (χ3v) is 3.34. The summed E-state index contributed by atoms with van der Waals surface area (Å²) < 4.78 is 5.38. The molecule has 0 radical (unpaired) electrons. The van der Waals surface area contributed by atoms with Crippen LogP contribution in [0.15, 0.2) is 24.3 Å². The van der Waals surface area contributed by atoms with Crippen molar-refractivity contribution in [3.63, 3.8) is 0 Å². The molecule has 1 heterocycles. The Morgan fingerprint density at radius 3 is 3.05 bits per heavy atom. The van der Waals surface area contributed by atoms with Crippen LogP contribution in [0.4, 0.5) is 0 Å². The lowest BCUT2D eigenvalue weighted by molar-refractivity contribution is -0.0312. The zero-order chi connectivity index (χ0) is 14.2. The third kappa shape index (κ3) is 4.32. The first kappa shape index (κ1) is 15.0. The van der Waals surface area contributed by atoms with Crippen LogP contribution in [-0.2, 0) is 11.3 Å². The van der Waals surface area contributed by atoms with Crippen molar-refractivity contribution in [1.82, 2.24) is 4.90 Å². The molecule has 4 nitrogen and oxygen atoms in total. The zero-order valence-corrected chi connectivity index (χ0v) is 11.6. The fourth-order valence-electron chi connectivity index (χ4n) is 2.27. The van der Waals surface area contributed by atoms with Gasteiger partial charge in [0.1, 0.15) is 0 Å². The second-order valence-corrected chi connectivity index (χ2v) is 4.86. The molecular weight excluding hydrogens is 254 g/mol. The predicted molar refractivity (Wildman–Crippen MR) is 77.1 cm³/mol. The molecule has 1 aromatic carbocycles. The first-order chi connectivity index (χ1) is 9.83. The summed E-state index contributed by atoms with van der Waals surface area (Å²) >= 11 is 0. The Morgan fingerprint density at radius 2 is 2.25 bits per heavy atom. The summed E-state index contributed by atoms with van der Waals surface area (Å²) in [5.74, 6) is 5.97. The standard InChI is InChI=1S/C16H21NO3/c18-8-2-1-4-14-5-3-6-15(10-14)11-17-7-9-20-13-16(17)12-19/h3,5-6,10,16,18-19H,2,7-9,11-13H2. The number of nitrogens with zero attached hydrogens (tertiary/aromatic N) is 1. The van der Waals surface area contributed by atoms with Gasteiger partial charge in [-0.1, -0.05) is 24.0 Å². The van der Waals surface area contributed by atoms with E-state index in [9.17, 15) is 5.11 Å². The van der Waals surface area contributed by atoms with E-state index in [1.54, 1.807) is 0 Å². The maximum absolute atomic E-state index is 9.37. The number of aliphatic hydroxyl groups excluding tert-OH is 2. The van der Waals surface area contributed by atoms with Gasteiger partial charge in [-0.2, -0.15) is 0 Å². The van der Waals surface area contributed by atoms with E-state index in [0.29, 0.717) is 19.6 Å². The number of ether oxygens (including phenoxy) is 1. The van der Waals surface area contributed by atoms with E-state index in [1.807, 2.05) is 12.1 Å². The minimum Gasteiger partial charge on any atom is -0.395 e. The fourth-order valence-corrected chi connectivity index (χ4v) is 2.27. The topological polar surface area (TPSA) is 52.9 Å². The van der Waals surface area contributed by atoms with Crippen LogP contribution in [0.25, 0.3) is 0 Å². The number of hydrogen-bond donors (Lipinski definition) is 2. The highest BCUT2D eigenvalue weighted by Gasteiger charge is 2.22. The highest BCUT2D eigenvalue weighted by atomic mass is 16.5. The molecule has 2 rings (SSSR count). The van der Waals surface area contributed by atoms with Crippen LogP contribution in [0.1, 0.15) is 17.5 Å².